The van der Waals surface area contributed by atoms with Crippen LogP contribution in [-0.4, -0.2) is 36.0 Å². The number of rotatable bonds is 3. The van der Waals surface area contributed by atoms with Gasteiger partial charge in [0.2, 0.25) is 0 Å². The van der Waals surface area contributed by atoms with Gasteiger partial charge in [-0.05, 0) is 53.4 Å². The second kappa shape index (κ2) is 8.94. The predicted octanol–water partition coefficient (Wildman–Crippen LogP) is 6.56. The summed E-state index contributed by atoms with van der Waals surface area (Å²) in [6, 6.07) is 23.8. The van der Waals surface area contributed by atoms with E-state index in [0.717, 1.165) is 49.2 Å². The van der Waals surface area contributed by atoms with Crippen LogP contribution in [0.1, 0.15) is 22.7 Å². The molecule has 30 heavy (non-hydrogen) atoms. The minimum atomic E-state index is 0.350. The highest BCUT2D eigenvalue weighted by Gasteiger charge is 2.30. The van der Waals surface area contributed by atoms with E-state index in [1.807, 2.05) is 23.9 Å². The molecule has 1 fully saturated rings. The topological polar surface area (TPSA) is 6.48 Å². The van der Waals surface area contributed by atoms with Crippen LogP contribution in [0.15, 0.2) is 76.5 Å². The second-order valence-electron chi connectivity index (χ2n) is 8.05. The van der Waals surface area contributed by atoms with Crippen LogP contribution < -0.4 is 0 Å². The highest BCUT2D eigenvalue weighted by molar-refractivity contribution is 7.99. The summed E-state index contributed by atoms with van der Waals surface area (Å²) in [6.45, 7) is 5.34. The number of fused-ring (bicyclic) bond motifs is 2. The van der Waals surface area contributed by atoms with Crippen LogP contribution >= 0.6 is 35.0 Å². The number of halogens is 2. The fourth-order valence-electron chi connectivity index (χ4n) is 4.52. The zero-order chi connectivity index (χ0) is 20.5. The van der Waals surface area contributed by atoms with Crippen molar-refractivity contribution in [3.63, 3.8) is 0 Å². The Bertz CT molecular complexity index is 1030. The summed E-state index contributed by atoms with van der Waals surface area (Å²) in [7, 11) is 0. The molecule has 0 unspecified atom stereocenters. The summed E-state index contributed by atoms with van der Waals surface area (Å²) in [5.74, 6) is 0. The van der Waals surface area contributed by atoms with Crippen molar-refractivity contribution in [1.29, 1.82) is 0 Å². The molecule has 0 aromatic heterocycles. The third-order valence-electron chi connectivity index (χ3n) is 6.09. The normalized spacial score (nSPS) is 19.7. The molecular weight excluding hydrogens is 431 g/mol. The van der Waals surface area contributed by atoms with Gasteiger partial charge in [-0.25, -0.2) is 0 Å². The van der Waals surface area contributed by atoms with Crippen LogP contribution in [0.5, 0.6) is 0 Å². The van der Waals surface area contributed by atoms with Gasteiger partial charge in [-0.2, -0.15) is 0 Å². The monoisotopic (exact) mass is 454 g/mol. The lowest BCUT2D eigenvalue weighted by molar-refractivity contribution is 0.0902. The zero-order valence-electron chi connectivity index (χ0n) is 16.7. The molecule has 0 spiro atoms. The minimum absolute atomic E-state index is 0.350. The fourth-order valence-corrected chi connectivity index (χ4v) is 6.10. The van der Waals surface area contributed by atoms with Crippen molar-refractivity contribution in [2.45, 2.75) is 28.8 Å². The molecule has 2 aliphatic heterocycles. The lowest BCUT2D eigenvalue weighted by atomic mass is 9.96. The fraction of sp³-hybridized carbons (Fsp3) is 0.280. The molecule has 5 rings (SSSR count). The van der Waals surface area contributed by atoms with E-state index in [4.69, 9.17) is 23.2 Å². The number of benzene rings is 3. The quantitative estimate of drug-likeness (QED) is 0.442. The maximum absolute atomic E-state index is 6.36. The Morgan fingerprint density at radius 3 is 2.33 bits per heavy atom. The van der Waals surface area contributed by atoms with E-state index in [1.165, 1.54) is 26.5 Å². The minimum Gasteiger partial charge on any atom is -0.297 e. The molecule has 5 heteroatoms. The summed E-state index contributed by atoms with van der Waals surface area (Å²) in [5.41, 5.74) is 4.10. The number of nitrogens with zero attached hydrogens (tertiary/aromatic N) is 2. The van der Waals surface area contributed by atoms with Crippen LogP contribution in [0.25, 0.3) is 0 Å². The van der Waals surface area contributed by atoms with E-state index in [0.29, 0.717) is 6.04 Å². The first-order valence-electron chi connectivity index (χ1n) is 10.4. The van der Waals surface area contributed by atoms with E-state index in [1.54, 1.807) is 0 Å². The van der Waals surface area contributed by atoms with Gasteiger partial charge < -0.3 is 0 Å². The highest BCUT2D eigenvalue weighted by atomic mass is 35.5. The van der Waals surface area contributed by atoms with E-state index >= 15 is 0 Å². The Morgan fingerprint density at radius 1 is 0.800 bits per heavy atom. The molecule has 0 N–H and O–H groups in total. The van der Waals surface area contributed by atoms with Crippen molar-refractivity contribution in [2.75, 3.05) is 26.2 Å². The zero-order valence-corrected chi connectivity index (χ0v) is 19.1. The Hall–Kier alpha value is -1.49. The maximum Gasteiger partial charge on any atom is 0.0417 e. The van der Waals surface area contributed by atoms with E-state index in [2.05, 4.69) is 64.4 Å². The average molecular weight is 455 g/mol. The lowest BCUT2D eigenvalue weighted by Gasteiger charge is -2.39. The Balaban J connectivity index is 1.38. The molecule has 0 saturated carbocycles. The van der Waals surface area contributed by atoms with Crippen LogP contribution in [0.2, 0.25) is 10.0 Å². The van der Waals surface area contributed by atoms with Crippen molar-refractivity contribution < 1.29 is 0 Å². The first-order valence-corrected chi connectivity index (χ1v) is 12.0. The number of hydrogen-bond donors (Lipinski definition) is 0. The molecule has 0 bridgehead atoms. The lowest BCUT2D eigenvalue weighted by Crippen LogP contribution is -2.47. The largest absolute Gasteiger partial charge is 0.297 e. The van der Waals surface area contributed by atoms with E-state index in [-0.39, 0.29) is 0 Å². The van der Waals surface area contributed by atoms with E-state index in [9.17, 15) is 0 Å². The molecule has 0 radical (unpaired) electrons. The van der Waals surface area contributed by atoms with Gasteiger partial charge in [0, 0.05) is 58.6 Å². The Morgan fingerprint density at radius 2 is 1.53 bits per heavy atom. The standard InChI is InChI=1S/C25H24Cl2N2S/c26-20-7-9-24-19(14-20)15-23(22-8-6-21(27)16-25(22)30-24)29-12-10-28(11-13-29)17-18-4-2-1-3-5-18/h1-9,14,16,23H,10-13,15,17H2/t23-/m0/s1. The van der Waals surface area contributed by atoms with Gasteiger partial charge in [0.15, 0.2) is 0 Å². The summed E-state index contributed by atoms with van der Waals surface area (Å²) < 4.78 is 0. The van der Waals surface area contributed by atoms with Crippen LogP contribution in [0.3, 0.4) is 0 Å². The van der Waals surface area contributed by atoms with Crippen molar-refractivity contribution in [3.8, 4) is 0 Å². The van der Waals surface area contributed by atoms with Crippen molar-refractivity contribution in [2.24, 2.45) is 0 Å². The summed E-state index contributed by atoms with van der Waals surface area (Å²) in [5, 5.41) is 1.61. The number of hydrogen-bond acceptors (Lipinski definition) is 3. The van der Waals surface area contributed by atoms with Gasteiger partial charge >= 0.3 is 0 Å². The first kappa shape index (κ1) is 20.4. The van der Waals surface area contributed by atoms with Crippen LogP contribution in [0.4, 0.5) is 0 Å². The molecular formula is C25H24Cl2N2S. The molecule has 154 valence electrons. The summed E-state index contributed by atoms with van der Waals surface area (Å²) in [6.07, 6.45) is 0.982. The maximum atomic E-state index is 6.36. The smallest absolute Gasteiger partial charge is 0.0417 e. The van der Waals surface area contributed by atoms with Gasteiger partial charge in [-0.3, -0.25) is 9.80 Å². The average Bonchev–Trinajstić information content (AvgIpc) is 2.91. The Labute approximate surface area is 192 Å². The summed E-state index contributed by atoms with van der Waals surface area (Å²) in [4.78, 5) is 7.75. The highest BCUT2D eigenvalue weighted by Crippen LogP contribution is 2.44. The molecule has 1 saturated heterocycles. The molecule has 3 aromatic rings. The Kier molecular flexibility index (Phi) is 6.08. The van der Waals surface area contributed by atoms with Crippen molar-refractivity contribution in [1.82, 2.24) is 9.80 Å². The van der Waals surface area contributed by atoms with Gasteiger partial charge in [-0.1, -0.05) is 71.4 Å². The van der Waals surface area contributed by atoms with Crippen molar-refractivity contribution in [3.05, 3.63) is 93.5 Å². The number of piperazine rings is 1. The molecule has 0 amide bonds. The van der Waals surface area contributed by atoms with Crippen LogP contribution in [0, 0.1) is 0 Å². The van der Waals surface area contributed by atoms with Crippen molar-refractivity contribution >= 4 is 35.0 Å². The second-order valence-corrected chi connectivity index (χ2v) is 10.0. The van der Waals surface area contributed by atoms with E-state index < -0.39 is 0 Å². The van der Waals surface area contributed by atoms with Gasteiger partial charge in [-0.15, -0.1) is 0 Å². The first-order chi connectivity index (χ1) is 14.7. The molecule has 2 aliphatic rings. The molecule has 3 aromatic carbocycles. The SMILES string of the molecule is Clc1ccc2c(c1)C[C@H](N1CCN(Cc3ccccc3)CC1)c1ccc(Cl)cc1S2. The summed E-state index contributed by atoms with van der Waals surface area (Å²) >= 11 is 14.5. The predicted molar refractivity (Wildman–Crippen MR) is 127 cm³/mol. The molecule has 2 heterocycles. The molecule has 2 nitrogen and oxygen atoms in total. The molecule has 1 atom stereocenters. The molecule has 0 aliphatic carbocycles. The third kappa shape index (κ3) is 4.42. The van der Waals surface area contributed by atoms with Gasteiger partial charge in [0.25, 0.3) is 0 Å². The third-order valence-corrected chi connectivity index (χ3v) is 7.75. The van der Waals surface area contributed by atoms with Gasteiger partial charge in [0.1, 0.15) is 0 Å². The van der Waals surface area contributed by atoms with Gasteiger partial charge in [0.05, 0.1) is 0 Å². The van der Waals surface area contributed by atoms with Crippen LogP contribution in [-0.2, 0) is 13.0 Å².